The average Bonchev–Trinajstić information content (AvgIpc) is 2.92. The monoisotopic (exact) mass is 368 g/mol. The number of benzene rings is 1. The molecule has 2 aliphatic rings. The summed E-state index contributed by atoms with van der Waals surface area (Å²) < 4.78 is 11.3. The summed E-state index contributed by atoms with van der Waals surface area (Å²) in [4.78, 5) is 13.8. The minimum Gasteiger partial charge on any atom is -0.497 e. The van der Waals surface area contributed by atoms with Gasteiger partial charge in [-0.1, -0.05) is 12.1 Å². The molecular weight excluding hydrogens is 340 g/mol. The third-order valence-electron chi connectivity index (χ3n) is 5.58. The van der Waals surface area contributed by atoms with Gasteiger partial charge in [-0.3, -0.25) is 4.90 Å². The van der Waals surface area contributed by atoms with E-state index in [4.69, 9.17) is 9.47 Å². The molecule has 6 heteroatoms. The summed E-state index contributed by atoms with van der Waals surface area (Å²) in [6, 6.07) is 10.3. The standard InChI is InChI=1S/C21H28N4O2/c1-26-19-6-4-18(5-7-19)14-24-11-2-8-21(15-24)16-25(12-13-27-17-21)20-22-9-3-10-23-20/h3-7,9-10H,2,8,11-17H2,1H3/t21-/m1/s1. The lowest BCUT2D eigenvalue weighted by molar-refractivity contribution is 0.0106. The molecule has 0 unspecified atom stereocenters. The highest BCUT2D eigenvalue weighted by molar-refractivity contribution is 5.30. The number of hydrogen-bond acceptors (Lipinski definition) is 6. The number of aromatic nitrogens is 2. The summed E-state index contributed by atoms with van der Waals surface area (Å²) in [5, 5.41) is 0. The van der Waals surface area contributed by atoms with Crippen molar-refractivity contribution in [2.45, 2.75) is 19.4 Å². The summed E-state index contributed by atoms with van der Waals surface area (Å²) >= 11 is 0. The van der Waals surface area contributed by atoms with E-state index in [2.05, 4.69) is 31.9 Å². The van der Waals surface area contributed by atoms with E-state index in [9.17, 15) is 0 Å². The van der Waals surface area contributed by atoms with Gasteiger partial charge >= 0.3 is 0 Å². The first-order valence-electron chi connectivity index (χ1n) is 9.71. The van der Waals surface area contributed by atoms with E-state index in [1.54, 1.807) is 7.11 Å². The maximum Gasteiger partial charge on any atom is 0.225 e. The number of rotatable bonds is 4. The van der Waals surface area contributed by atoms with Crippen LogP contribution in [0.2, 0.25) is 0 Å². The van der Waals surface area contributed by atoms with Crippen molar-refractivity contribution < 1.29 is 9.47 Å². The van der Waals surface area contributed by atoms with Gasteiger partial charge in [0.25, 0.3) is 0 Å². The molecule has 144 valence electrons. The fourth-order valence-electron chi connectivity index (χ4n) is 4.30. The van der Waals surface area contributed by atoms with Gasteiger partial charge < -0.3 is 14.4 Å². The topological polar surface area (TPSA) is 50.7 Å². The van der Waals surface area contributed by atoms with Crippen LogP contribution in [0.3, 0.4) is 0 Å². The fourth-order valence-corrected chi connectivity index (χ4v) is 4.30. The molecule has 0 saturated carbocycles. The van der Waals surface area contributed by atoms with Crippen LogP contribution in [0, 0.1) is 5.41 Å². The molecule has 0 radical (unpaired) electrons. The summed E-state index contributed by atoms with van der Waals surface area (Å²) in [5.74, 6) is 1.72. The van der Waals surface area contributed by atoms with Crippen molar-refractivity contribution in [1.82, 2.24) is 14.9 Å². The molecule has 2 aromatic rings. The maximum atomic E-state index is 6.03. The number of anilines is 1. The first-order valence-corrected chi connectivity index (χ1v) is 9.71. The summed E-state index contributed by atoms with van der Waals surface area (Å²) in [7, 11) is 1.71. The van der Waals surface area contributed by atoms with E-state index in [0.29, 0.717) is 0 Å². The second-order valence-electron chi connectivity index (χ2n) is 7.69. The second-order valence-corrected chi connectivity index (χ2v) is 7.69. The third kappa shape index (κ3) is 4.39. The Morgan fingerprint density at radius 3 is 2.70 bits per heavy atom. The lowest BCUT2D eigenvalue weighted by atomic mass is 9.80. The number of hydrogen-bond donors (Lipinski definition) is 0. The van der Waals surface area contributed by atoms with E-state index in [0.717, 1.165) is 57.6 Å². The number of likely N-dealkylation sites (tertiary alicyclic amines) is 1. The molecule has 27 heavy (non-hydrogen) atoms. The first kappa shape index (κ1) is 18.2. The molecule has 0 aliphatic carbocycles. The van der Waals surface area contributed by atoms with Crippen LogP contribution in [0.15, 0.2) is 42.7 Å². The minimum absolute atomic E-state index is 0.139. The Labute approximate surface area is 161 Å². The predicted molar refractivity (Wildman–Crippen MR) is 105 cm³/mol. The van der Waals surface area contributed by atoms with Crippen LogP contribution in [0.4, 0.5) is 5.95 Å². The zero-order chi connectivity index (χ0) is 18.5. The van der Waals surface area contributed by atoms with Crippen LogP contribution in [0.5, 0.6) is 5.75 Å². The lowest BCUT2D eigenvalue weighted by Gasteiger charge is -2.43. The van der Waals surface area contributed by atoms with Crippen molar-refractivity contribution in [1.29, 1.82) is 0 Å². The smallest absolute Gasteiger partial charge is 0.225 e. The normalized spacial score (nSPS) is 24.0. The molecule has 0 bridgehead atoms. The molecular formula is C21H28N4O2. The summed E-state index contributed by atoms with van der Waals surface area (Å²) in [6.07, 6.45) is 6.02. The quantitative estimate of drug-likeness (QED) is 0.827. The molecule has 0 amide bonds. The van der Waals surface area contributed by atoms with Crippen molar-refractivity contribution in [3.8, 4) is 5.75 Å². The first-order chi connectivity index (χ1) is 13.3. The Morgan fingerprint density at radius 2 is 1.93 bits per heavy atom. The van der Waals surface area contributed by atoms with Gasteiger partial charge in [0.05, 0.1) is 20.3 Å². The van der Waals surface area contributed by atoms with Gasteiger partial charge in [0.2, 0.25) is 5.95 Å². The van der Waals surface area contributed by atoms with Crippen LogP contribution >= 0.6 is 0 Å². The van der Waals surface area contributed by atoms with Gasteiger partial charge in [0.15, 0.2) is 0 Å². The fraction of sp³-hybridized carbons (Fsp3) is 0.524. The Morgan fingerprint density at radius 1 is 1.11 bits per heavy atom. The Bertz CT molecular complexity index is 725. The van der Waals surface area contributed by atoms with Crippen molar-refractivity contribution in [2.24, 2.45) is 5.41 Å². The zero-order valence-corrected chi connectivity index (χ0v) is 16.0. The molecule has 1 aromatic carbocycles. The molecule has 6 nitrogen and oxygen atoms in total. The Kier molecular flexibility index (Phi) is 5.55. The summed E-state index contributed by atoms with van der Waals surface area (Å²) in [6.45, 7) is 6.50. The molecule has 1 spiro atoms. The summed E-state index contributed by atoms with van der Waals surface area (Å²) in [5.41, 5.74) is 1.46. The number of piperidine rings is 1. The van der Waals surface area contributed by atoms with Crippen molar-refractivity contribution >= 4 is 5.95 Å². The third-order valence-corrected chi connectivity index (χ3v) is 5.58. The van der Waals surface area contributed by atoms with E-state index in [-0.39, 0.29) is 5.41 Å². The average molecular weight is 368 g/mol. The Balaban J connectivity index is 1.46. The van der Waals surface area contributed by atoms with E-state index in [1.165, 1.54) is 18.4 Å². The van der Waals surface area contributed by atoms with Crippen molar-refractivity contribution in [3.63, 3.8) is 0 Å². The molecule has 1 atom stereocenters. The highest BCUT2D eigenvalue weighted by atomic mass is 16.5. The molecule has 1 aromatic heterocycles. The number of ether oxygens (including phenoxy) is 2. The van der Waals surface area contributed by atoms with Crippen LogP contribution in [-0.4, -0.2) is 61.4 Å². The highest BCUT2D eigenvalue weighted by Crippen LogP contribution is 2.34. The van der Waals surface area contributed by atoms with E-state index >= 15 is 0 Å². The van der Waals surface area contributed by atoms with E-state index < -0.39 is 0 Å². The van der Waals surface area contributed by atoms with Gasteiger partial charge in [-0.15, -0.1) is 0 Å². The molecule has 2 aliphatic heterocycles. The largest absolute Gasteiger partial charge is 0.497 e. The SMILES string of the molecule is COc1ccc(CN2CCC[C@@]3(COCCN(c4ncccn4)C3)C2)cc1. The van der Waals surface area contributed by atoms with Crippen molar-refractivity contribution in [3.05, 3.63) is 48.3 Å². The molecule has 4 rings (SSSR count). The zero-order valence-electron chi connectivity index (χ0n) is 16.0. The van der Waals surface area contributed by atoms with Gasteiger partial charge in [0, 0.05) is 44.0 Å². The minimum atomic E-state index is 0.139. The number of nitrogens with zero attached hydrogens (tertiary/aromatic N) is 4. The van der Waals surface area contributed by atoms with Crippen LogP contribution < -0.4 is 9.64 Å². The van der Waals surface area contributed by atoms with E-state index in [1.807, 2.05) is 30.6 Å². The molecule has 2 fully saturated rings. The van der Waals surface area contributed by atoms with Crippen LogP contribution in [0.25, 0.3) is 0 Å². The Hall–Kier alpha value is -2.18. The highest BCUT2D eigenvalue weighted by Gasteiger charge is 2.39. The van der Waals surface area contributed by atoms with Gasteiger partial charge in [-0.05, 0) is 43.1 Å². The molecule has 3 heterocycles. The van der Waals surface area contributed by atoms with Crippen molar-refractivity contribution in [2.75, 3.05) is 51.4 Å². The number of methoxy groups -OCH3 is 1. The molecule has 2 saturated heterocycles. The van der Waals surface area contributed by atoms with Gasteiger partial charge in [-0.2, -0.15) is 0 Å². The van der Waals surface area contributed by atoms with Crippen LogP contribution in [-0.2, 0) is 11.3 Å². The molecule has 0 N–H and O–H groups in total. The van der Waals surface area contributed by atoms with Crippen LogP contribution in [0.1, 0.15) is 18.4 Å². The second kappa shape index (κ2) is 8.23. The maximum absolute atomic E-state index is 6.03. The van der Waals surface area contributed by atoms with Gasteiger partial charge in [-0.25, -0.2) is 9.97 Å². The van der Waals surface area contributed by atoms with Gasteiger partial charge in [0.1, 0.15) is 5.75 Å². The predicted octanol–water partition coefficient (Wildman–Crippen LogP) is 2.60. The lowest BCUT2D eigenvalue weighted by Crippen LogP contribution is -2.50.